The number of aromatic nitrogens is 3. The van der Waals surface area contributed by atoms with E-state index < -0.39 is 0 Å². The van der Waals surface area contributed by atoms with Crippen LogP contribution in [0.3, 0.4) is 0 Å². The number of benzene rings is 2. The summed E-state index contributed by atoms with van der Waals surface area (Å²) >= 11 is 0. The first-order chi connectivity index (χ1) is 13.7. The van der Waals surface area contributed by atoms with Crippen LogP contribution in [0.4, 0.5) is 0 Å². The third kappa shape index (κ3) is 4.09. The fraction of sp³-hybridized carbons (Fsp3) is 0.238. The quantitative estimate of drug-likeness (QED) is 0.483. The molecule has 7 heteroatoms. The van der Waals surface area contributed by atoms with Gasteiger partial charge in [-0.15, -0.1) is 0 Å². The van der Waals surface area contributed by atoms with Gasteiger partial charge in [-0.1, -0.05) is 24.3 Å². The fourth-order valence-corrected chi connectivity index (χ4v) is 3.05. The van der Waals surface area contributed by atoms with Crippen LogP contribution < -0.4 is 10.9 Å². The minimum Gasteiger partial charge on any atom is -0.441 e. The lowest BCUT2D eigenvalue weighted by molar-refractivity contribution is -0.121. The number of hydrogen-bond acceptors (Lipinski definition) is 5. The summed E-state index contributed by atoms with van der Waals surface area (Å²) < 4.78 is 5.66. The zero-order valence-corrected chi connectivity index (χ0v) is 15.3. The standard InChI is InChI=1S/C21H20N4O3/c26-19(12-11-17-21(27)25-15-7-2-1-6-14(15)23-17)22-13-5-10-20-24-16-8-3-4-9-18(16)28-20/h1-4,6-9H,5,10-13H2,(H,22,26)(H,25,27). The Balaban J connectivity index is 1.24. The molecule has 2 aromatic heterocycles. The first kappa shape index (κ1) is 17.9. The van der Waals surface area contributed by atoms with Crippen LogP contribution in [0.15, 0.2) is 57.7 Å². The van der Waals surface area contributed by atoms with Gasteiger partial charge in [0.2, 0.25) is 5.91 Å². The van der Waals surface area contributed by atoms with Gasteiger partial charge in [0.05, 0.1) is 11.0 Å². The predicted octanol–water partition coefficient (Wildman–Crippen LogP) is 2.75. The normalized spacial score (nSPS) is 11.1. The number of para-hydroxylation sites is 4. The molecule has 2 heterocycles. The van der Waals surface area contributed by atoms with E-state index in [9.17, 15) is 9.59 Å². The maximum Gasteiger partial charge on any atom is 0.270 e. The Bertz CT molecular complexity index is 1150. The molecule has 0 spiro atoms. The van der Waals surface area contributed by atoms with E-state index in [1.165, 1.54) is 0 Å². The number of carbonyl (C=O) groups is 1. The Labute approximate surface area is 160 Å². The molecule has 2 N–H and O–H groups in total. The molecule has 1 amide bonds. The molecule has 0 saturated heterocycles. The molecule has 0 fully saturated rings. The van der Waals surface area contributed by atoms with Crippen molar-refractivity contribution in [2.75, 3.05) is 6.54 Å². The van der Waals surface area contributed by atoms with Crippen molar-refractivity contribution in [2.24, 2.45) is 0 Å². The number of amides is 1. The number of fused-ring (bicyclic) bond motifs is 2. The van der Waals surface area contributed by atoms with Crippen LogP contribution >= 0.6 is 0 Å². The number of oxazole rings is 1. The van der Waals surface area contributed by atoms with Crippen LogP contribution in [-0.2, 0) is 17.6 Å². The highest BCUT2D eigenvalue weighted by Crippen LogP contribution is 2.15. The largest absolute Gasteiger partial charge is 0.441 e. The lowest BCUT2D eigenvalue weighted by Gasteiger charge is -2.05. The number of hydrogen-bond donors (Lipinski definition) is 2. The summed E-state index contributed by atoms with van der Waals surface area (Å²) in [6.07, 6.45) is 1.91. The molecule has 0 atom stereocenters. The Kier molecular flexibility index (Phi) is 5.14. The average Bonchev–Trinajstić information content (AvgIpc) is 3.12. The Morgan fingerprint density at radius 1 is 1.00 bits per heavy atom. The molecule has 0 aliphatic carbocycles. The SMILES string of the molecule is O=C(CCc1nc2ccccc2[nH]c1=O)NCCCc1nc2ccccc2o1. The zero-order valence-electron chi connectivity index (χ0n) is 15.3. The predicted molar refractivity (Wildman–Crippen MR) is 106 cm³/mol. The summed E-state index contributed by atoms with van der Waals surface area (Å²) in [5, 5.41) is 2.87. The maximum absolute atomic E-state index is 12.1. The van der Waals surface area contributed by atoms with Gasteiger partial charge in [0.1, 0.15) is 11.2 Å². The highest BCUT2D eigenvalue weighted by atomic mass is 16.3. The molecule has 0 unspecified atom stereocenters. The topological polar surface area (TPSA) is 101 Å². The lowest BCUT2D eigenvalue weighted by atomic mass is 10.2. The molecule has 142 valence electrons. The van der Waals surface area contributed by atoms with Crippen molar-refractivity contribution < 1.29 is 9.21 Å². The van der Waals surface area contributed by atoms with Crippen LogP contribution in [0, 0.1) is 0 Å². The summed E-state index contributed by atoms with van der Waals surface area (Å²) in [7, 11) is 0. The number of rotatable bonds is 7. The van der Waals surface area contributed by atoms with Gasteiger partial charge < -0.3 is 14.7 Å². The molecular formula is C21H20N4O3. The molecule has 0 aliphatic rings. The van der Waals surface area contributed by atoms with Crippen LogP contribution in [0.5, 0.6) is 0 Å². The molecule has 4 aromatic rings. The van der Waals surface area contributed by atoms with E-state index in [0.717, 1.165) is 23.0 Å². The third-order valence-electron chi connectivity index (χ3n) is 4.49. The zero-order chi connectivity index (χ0) is 19.3. The minimum absolute atomic E-state index is 0.105. The monoisotopic (exact) mass is 376 g/mol. The third-order valence-corrected chi connectivity index (χ3v) is 4.49. The second kappa shape index (κ2) is 8.04. The second-order valence-electron chi connectivity index (χ2n) is 6.56. The van der Waals surface area contributed by atoms with Gasteiger partial charge in [0.25, 0.3) is 5.56 Å². The van der Waals surface area contributed by atoms with Gasteiger partial charge in [-0.3, -0.25) is 9.59 Å². The smallest absolute Gasteiger partial charge is 0.270 e. The van der Waals surface area contributed by atoms with Gasteiger partial charge in [-0.05, 0) is 30.7 Å². The Hall–Kier alpha value is -3.48. The van der Waals surface area contributed by atoms with Crippen LogP contribution in [-0.4, -0.2) is 27.4 Å². The number of aromatic amines is 1. The first-order valence-electron chi connectivity index (χ1n) is 9.28. The number of carbonyl (C=O) groups excluding carboxylic acids is 1. The van der Waals surface area contributed by atoms with Crippen molar-refractivity contribution in [3.05, 3.63) is 70.5 Å². The van der Waals surface area contributed by atoms with Crippen molar-refractivity contribution >= 4 is 28.0 Å². The van der Waals surface area contributed by atoms with Crippen molar-refractivity contribution in [2.45, 2.75) is 25.7 Å². The Morgan fingerprint density at radius 3 is 2.64 bits per heavy atom. The number of nitrogens with zero attached hydrogens (tertiary/aromatic N) is 2. The minimum atomic E-state index is -0.248. The van der Waals surface area contributed by atoms with Gasteiger partial charge in [-0.2, -0.15) is 0 Å². The van der Waals surface area contributed by atoms with Gasteiger partial charge in [0.15, 0.2) is 11.5 Å². The molecule has 0 saturated carbocycles. The van der Waals surface area contributed by atoms with Crippen LogP contribution in [0.2, 0.25) is 0 Å². The number of aryl methyl sites for hydroxylation is 2. The summed E-state index contributed by atoms with van der Waals surface area (Å²) in [6, 6.07) is 15.0. The second-order valence-corrected chi connectivity index (χ2v) is 6.56. The molecule has 2 aromatic carbocycles. The Morgan fingerprint density at radius 2 is 1.79 bits per heavy atom. The number of nitrogens with one attached hydrogen (secondary N) is 2. The van der Waals surface area contributed by atoms with Crippen LogP contribution in [0.1, 0.15) is 24.4 Å². The van der Waals surface area contributed by atoms with Gasteiger partial charge in [0, 0.05) is 25.8 Å². The summed E-state index contributed by atoms with van der Waals surface area (Å²) in [4.78, 5) is 35.7. The molecule has 7 nitrogen and oxygen atoms in total. The van der Waals surface area contributed by atoms with E-state index in [2.05, 4.69) is 20.3 Å². The molecule has 0 bridgehead atoms. The van der Waals surface area contributed by atoms with Crippen molar-refractivity contribution in [3.63, 3.8) is 0 Å². The van der Waals surface area contributed by atoms with E-state index in [4.69, 9.17) is 4.42 Å². The molecular weight excluding hydrogens is 356 g/mol. The van der Waals surface area contributed by atoms with E-state index in [1.807, 2.05) is 42.5 Å². The first-order valence-corrected chi connectivity index (χ1v) is 9.28. The van der Waals surface area contributed by atoms with E-state index in [0.29, 0.717) is 36.5 Å². The van der Waals surface area contributed by atoms with Crippen molar-refractivity contribution in [3.8, 4) is 0 Å². The van der Waals surface area contributed by atoms with Crippen molar-refractivity contribution in [1.82, 2.24) is 20.3 Å². The molecule has 0 radical (unpaired) electrons. The summed E-state index contributed by atoms with van der Waals surface area (Å²) in [5.74, 6) is 0.564. The van der Waals surface area contributed by atoms with Gasteiger partial charge >= 0.3 is 0 Å². The summed E-state index contributed by atoms with van der Waals surface area (Å²) in [6.45, 7) is 0.527. The number of H-pyrrole nitrogens is 1. The molecule has 0 aliphatic heterocycles. The molecule has 4 rings (SSSR count). The van der Waals surface area contributed by atoms with E-state index in [1.54, 1.807) is 6.07 Å². The van der Waals surface area contributed by atoms with Gasteiger partial charge in [-0.25, -0.2) is 9.97 Å². The molecule has 28 heavy (non-hydrogen) atoms. The van der Waals surface area contributed by atoms with E-state index in [-0.39, 0.29) is 17.9 Å². The highest BCUT2D eigenvalue weighted by Gasteiger charge is 2.09. The van der Waals surface area contributed by atoms with Crippen LogP contribution in [0.25, 0.3) is 22.1 Å². The van der Waals surface area contributed by atoms with E-state index >= 15 is 0 Å². The maximum atomic E-state index is 12.1. The van der Waals surface area contributed by atoms with Crippen molar-refractivity contribution in [1.29, 1.82) is 0 Å². The highest BCUT2D eigenvalue weighted by molar-refractivity contribution is 5.76. The lowest BCUT2D eigenvalue weighted by Crippen LogP contribution is -2.26. The average molecular weight is 376 g/mol. The summed E-state index contributed by atoms with van der Waals surface area (Å²) in [5.41, 5.74) is 3.16. The fourth-order valence-electron chi connectivity index (χ4n) is 3.05.